The second-order valence-corrected chi connectivity index (χ2v) is 7.50. The molecule has 1 heterocycles. The third-order valence-corrected chi connectivity index (χ3v) is 5.01. The lowest BCUT2D eigenvalue weighted by Crippen LogP contribution is -2.48. The summed E-state index contributed by atoms with van der Waals surface area (Å²) >= 11 is 0. The van der Waals surface area contributed by atoms with E-state index in [4.69, 9.17) is 5.11 Å². The Morgan fingerprint density at radius 2 is 1.85 bits per heavy atom. The van der Waals surface area contributed by atoms with Crippen molar-refractivity contribution < 1.29 is 23.1 Å². The number of hydrogen-bond donors (Lipinski definition) is 2. The number of sulfone groups is 1. The average Bonchev–Trinajstić information content (AvgIpc) is 2.36. The maximum Gasteiger partial charge on any atom is 0.317 e. The van der Waals surface area contributed by atoms with Gasteiger partial charge in [-0.2, -0.15) is 0 Å². The number of carboxylic acids is 1. The molecule has 20 heavy (non-hydrogen) atoms. The van der Waals surface area contributed by atoms with E-state index >= 15 is 0 Å². The second kappa shape index (κ2) is 7.47. The van der Waals surface area contributed by atoms with Crippen molar-refractivity contribution in [2.24, 2.45) is 5.92 Å². The van der Waals surface area contributed by atoms with Gasteiger partial charge in [0.15, 0.2) is 9.84 Å². The minimum absolute atomic E-state index is 0.0232. The monoisotopic (exact) mass is 306 g/mol. The van der Waals surface area contributed by atoms with E-state index in [9.17, 15) is 18.0 Å². The van der Waals surface area contributed by atoms with E-state index < -0.39 is 15.8 Å². The predicted octanol–water partition coefficient (Wildman–Crippen LogP) is 0.317. The maximum atomic E-state index is 11.8. The Morgan fingerprint density at radius 1 is 1.25 bits per heavy atom. The molecule has 116 valence electrons. The first-order valence-electron chi connectivity index (χ1n) is 6.75. The third kappa shape index (κ3) is 6.23. The molecule has 1 rings (SSSR count). The molecule has 0 bridgehead atoms. The molecular formula is C12H22N2O5S. The molecule has 0 aromatic heterocycles. The van der Waals surface area contributed by atoms with Crippen LogP contribution in [0.2, 0.25) is 0 Å². The molecule has 2 N–H and O–H groups in total. The van der Waals surface area contributed by atoms with Gasteiger partial charge in [0.05, 0.1) is 11.5 Å². The number of rotatable bonds is 6. The van der Waals surface area contributed by atoms with Gasteiger partial charge in [-0.25, -0.2) is 13.2 Å². The first-order chi connectivity index (χ1) is 9.30. The van der Waals surface area contributed by atoms with Gasteiger partial charge in [-0.1, -0.05) is 6.92 Å². The van der Waals surface area contributed by atoms with Crippen molar-refractivity contribution in [3.63, 3.8) is 0 Å². The molecule has 1 atom stereocenters. The van der Waals surface area contributed by atoms with Gasteiger partial charge in [-0.3, -0.25) is 4.79 Å². The summed E-state index contributed by atoms with van der Waals surface area (Å²) in [5.41, 5.74) is 0. The number of urea groups is 1. The van der Waals surface area contributed by atoms with E-state index in [0.29, 0.717) is 19.4 Å². The Bertz CT molecular complexity index is 435. The molecular weight excluding hydrogens is 284 g/mol. The lowest BCUT2D eigenvalue weighted by Gasteiger charge is -2.27. The molecule has 7 nitrogen and oxygen atoms in total. The van der Waals surface area contributed by atoms with E-state index in [1.54, 1.807) is 0 Å². The summed E-state index contributed by atoms with van der Waals surface area (Å²) < 4.78 is 22.5. The summed E-state index contributed by atoms with van der Waals surface area (Å²) in [6.45, 7) is 2.90. The molecule has 1 aliphatic heterocycles. The summed E-state index contributed by atoms with van der Waals surface area (Å²) in [6.07, 6.45) is 1.44. The number of hydrogen-bond acceptors (Lipinski definition) is 4. The van der Waals surface area contributed by atoms with Crippen molar-refractivity contribution in [3.8, 4) is 0 Å². The van der Waals surface area contributed by atoms with Crippen molar-refractivity contribution >= 4 is 21.8 Å². The lowest BCUT2D eigenvalue weighted by atomic mass is 10.0. The molecule has 1 unspecified atom stereocenters. The van der Waals surface area contributed by atoms with E-state index in [0.717, 1.165) is 0 Å². The number of carboxylic acid groups (broad SMARTS) is 1. The molecule has 0 aromatic rings. The molecule has 1 fully saturated rings. The molecule has 0 aliphatic carbocycles. The van der Waals surface area contributed by atoms with Crippen molar-refractivity contribution in [1.82, 2.24) is 10.2 Å². The SMILES string of the molecule is CC(CCNC(=O)N1CCS(=O)(=O)CC1)CCC(=O)O. The normalized spacial score (nSPS) is 19.4. The van der Waals surface area contributed by atoms with Crippen molar-refractivity contribution in [2.75, 3.05) is 31.1 Å². The standard InChI is InChI=1S/C12H22N2O5S/c1-10(2-3-11(15)16)4-5-13-12(17)14-6-8-20(18,19)9-7-14/h10H,2-9H2,1H3,(H,13,17)(H,15,16). The van der Waals surface area contributed by atoms with Crippen LogP contribution in [0, 0.1) is 5.92 Å². The highest BCUT2D eigenvalue weighted by Crippen LogP contribution is 2.09. The zero-order chi connectivity index (χ0) is 15.2. The molecule has 0 spiro atoms. The summed E-state index contributed by atoms with van der Waals surface area (Å²) in [6, 6.07) is -0.245. The third-order valence-electron chi connectivity index (χ3n) is 3.40. The predicted molar refractivity (Wildman–Crippen MR) is 74.3 cm³/mol. The van der Waals surface area contributed by atoms with Gasteiger partial charge in [0.1, 0.15) is 0 Å². The van der Waals surface area contributed by atoms with Gasteiger partial charge in [-0.15, -0.1) is 0 Å². The Balaban J connectivity index is 2.19. The van der Waals surface area contributed by atoms with Crippen LogP contribution in [0.25, 0.3) is 0 Å². The molecule has 0 aromatic carbocycles. The van der Waals surface area contributed by atoms with Gasteiger partial charge in [-0.05, 0) is 18.8 Å². The Kier molecular flexibility index (Phi) is 6.25. The van der Waals surface area contributed by atoms with Crippen LogP contribution in [0.15, 0.2) is 0 Å². The molecule has 0 radical (unpaired) electrons. The van der Waals surface area contributed by atoms with Gasteiger partial charge >= 0.3 is 12.0 Å². The molecule has 2 amide bonds. The van der Waals surface area contributed by atoms with Crippen molar-refractivity contribution in [2.45, 2.75) is 26.2 Å². The Hall–Kier alpha value is -1.31. The number of carbonyl (C=O) groups excluding carboxylic acids is 1. The number of carbonyl (C=O) groups is 2. The highest BCUT2D eigenvalue weighted by atomic mass is 32.2. The fourth-order valence-electron chi connectivity index (χ4n) is 1.97. The van der Waals surface area contributed by atoms with Crippen molar-refractivity contribution in [3.05, 3.63) is 0 Å². The topological polar surface area (TPSA) is 104 Å². The number of amides is 2. The summed E-state index contributed by atoms with van der Waals surface area (Å²) in [7, 11) is -2.98. The first-order valence-corrected chi connectivity index (χ1v) is 8.57. The van der Waals surface area contributed by atoms with Crippen LogP contribution in [0.4, 0.5) is 4.79 Å². The smallest absolute Gasteiger partial charge is 0.317 e. The summed E-state index contributed by atoms with van der Waals surface area (Å²) in [5.74, 6) is -0.534. The maximum absolute atomic E-state index is 11.8. The van der Waals surface area contributed by atoms with Gasteiger partial charge in [0, 0.05) is 26.1 Å². The van der Waals surface area contributed by atoms with E-state index in [1.165, 1.54) is 4.90 Å². The minimum Gasteiger partial charge on any atom is -0.481 e. The fraction of sp³-hybridized carbons (Fsp3) is 0.833. The zero-order valence-electron chi connectivity index (χ0n) is 11.7. The van der Waals surface area contributed by atoms with Crippen LogP contribution in [0.5, 0.6) is 0 Å². The molecule has 8 heteroatoms. The number of aliphatic carboxylic acids is 1. The van der Waals surface area contributed by atoms with Crippen molar-refractivity contribution in [1.29, 1.82) is 0 Å². The summed E-state index contributed by atoms with van der Waals surface area (Å²) in [4.78, 5) is 23.7. The largest absolute Gasteiger partial charge is 0.481 e. The quantitative estimate of drug-likeness (QED) is 0.735. The molecule has 1 saturated heterocycles. The second-order valence-electron chi connectivity index (χ2n) is 5.20. The zero-order valence-corrected chi connectivity index (χ0v) is 12.5. The van der Waals surface area contributed by atoms with E-state index in [1.807, 2.05) is 6.92 Å². The Morgan fingerprint density at radius 3 is 2.40 bits per heavy atom. The van der Waals surface area contributed by atoms with Crippen LogP contribution >= 0.6 is 0 Å². The van der Waals surface area contributed by atoms with Crippen LogP contribution in [0.3, 0.4) is 0 Å². The van der Waals surface area contributed by atoms with Crippen LogP contribution in [-0.4, -0.2) is 61.6 Å². The van der Waals surface area contributed by atoms with Gasteiger partial charge < -0.3 is 15.3 Å². The van der Waals surface area contributed by atoms with Gasteiger partial charge in [0.2, 0.25) is 0 Å². The fourth-order valence-corrected chi connectivity index (χ4v) is 3.17. The van der Waals surface area contributed by atoms with Crippen LogP contribution in [0.1, 0.15) is 26.2 Å². The number of nitrogens with one attached hydrogen (secondary N) is 1. The Labute approximate surface area is 119 Å². The summed E-state index contributed by atoms with van der Waals surface area (Å²) in [5, 5.41) is 11.3. The van der Waals surface area contributed by atoms with Crippen LogP contribution in [-0.2, 0) is 14.6 Å². The van der Waals surface area contributed by atoms with Gasteiger partial charge in [0.25, 0.3) is 0 Å². The lowest BCUT2D eigenvalue weighted by molar-refractivity contribution is -0.137. The molecule has 0 saturated carbocycles. The highest BCUT2D eigenvalue weighted by molar-refractivity contribution is 7.91. The first kappa shape index (κ1) is 16.7. The molecule has 1 aliphatic rings. The minimum atomic E-state index is -2.98. The number of nitrogens with zero attached hydrogens (tertiary/aromatic N) is 1. The average molecular weight is 306 g/mol. The van der Waals surface area contributed by atoms with E-state index in [-0.39, 0.29) is 43.0 Å². The van der Waals surface area contributed by atoms with E-state index in [2.05, 4.69) is 5.32 Å². The van der Waals surface area contributed by atoms with Crippen LogP contribution < -0.4 is 5.32 Å². The highest BCUT2D eigenvalue weighted by Gasteiger charge is 2.24.